The summed E-state index contributed by atoms with van der Waals surface area (Å²) < 4.78 is 0. The van der Waals surface area contributed by atoms with Crippen LogP contribution in [0.5, 0.6) is 0 Å². The highest BCUT2D eigenvalue weighted by Crippen LogP contribution is 2.28. The average Bonchev–Trinajstić information content (AvgIpc) is 2.84. The van der Waals surface area contributed by atoms with Gasteiger partial charge in [0.15, 0.2) is 5.82 Å². The topological polar surface area (TPSA) is 66.2 Å². The lowest BCUT2D eigenvalue weighted by Crippen LogP contribution is -2.29. The van der Waals surface area contributed by atoms with Crippen molar-refractivity contribution in [2.45, 2.75) is 0 Å². The summed E-state index contributed by atoms with van der Waals surface area (Å²) in [5.74, 6) is 0.647. The molecule has 2 N–H and O–H groups in total. The molecule has 31 heavy (non-hydrogen) atoms. The van der Waals surface area contributed by atoms with Crippen LogP contribution in [0.2, 0.25) is 0 Å². The Labute approximate surface area is 180 Å². The Morgan fingerprint density at radius 3 is 1.77 bits per heavy atom. The number of aromatic nitrogens is 2. The lowest BCUT2D eigenvalue weighted by Gasteiger charge is -2.10. The quantitative estimate of drug-likeness (QED) is 0.440. The van der Waals surface area contributed by atoms with Crippen molar-refractivity contribution in [3.8, 4) is 33.9 Å². The van der Waals surface area contributed by atoms with Crippen LogP contribution in [0.4, 0.5) is 0 Å². The molecular formula is C26H19BN2O2. The number of fused-ring (bicyclic) bond motifs is 1. The molecule has 4 aromatic carbocycles. The van der Waals surface area contributed by atoms with Gasteiger partial charge in [-0.1, -0.05) is 91.0 Å². The zero-order chi connectivity index (χ0) is 21.2. The van der Waals surface area contributed by atoms with Crippen molar-refractivity contribution < 1.29 is 10.0 Å². The van der Waals surface area contributed by atoms with Crippen molar-refractivity contribution in [1.29, 1.82) is 0 Å². The van der Waals surface area contributed by atoms with Crippen LogP contribution in [0.1, 0.15) is 0 Å². The first-order chi connectivity index (χ1) is 15.2. The van der Waals surface area contributed by atoms with Crippen LogP contribution >= 0.6 is 0 Å². The molecule has 0 saturated carbocycles. The van der Waals surface area contributed by atoms with E-state index >= 15 is 0 Å². The summed E-state index contributed by atoms with van der Waals surface area (Å²) in [5, 5.41) is 21.1. The fraction of sp³-hybridized carbons (Fsp3) is 0. The molecule has 0 unspecified atom stereocenters. The highest BCUT2D eigenvalue weighted by molar-refractivity contribution is 6.58. The van der Waals surface area contributed by atoms with Crippen molar-refractivity contribution in [2.24, 2.45) is 0 Å². The van der Waals surface area contributed by atoms with Crippen LogP contribution in [0.25, 0.3) is 44.7 Å². The maximum atomic E-state index is 9.39. The fourth-order valence-corrected chi connectivity index (χ4v) is 3.64. The van der Waals surface area contributed by atoms with Crippen LogP contribution in [-0.2, 0) is 0 Å². The van der Waals surface area contributed by atoms with E-state index in [0.29, 0.717) is 11.3 Å². The zero-order valence-electron chi connectivity index (χ0n) is 16.7. The number of hydrogen-bond donors (Lipinski definition) is 2. The number of benzene rings is 4. The van der Waals surface area contributed by atoms with Gasteiger partial charge in [-0.25, -0.2) is 9.97 Å². The Morgan fingerprint density at radius 1 is 0.516 bits per heavy atom. The average molecular weight is 402 g/mol. The number of hydrogen-bond acceptors (Lipinski definition) is 4. The van der Waals surface area contributed by atoms with Crippen molar-refractivity contribution in [1.82, 2.24) is 9.97 Å². The largest absolute Gasteiger partial charge is 0.488 e. The van der Waals surface area contributed by atoms with Crippen molar-refractivity contribution >= 4 is 23.4 Å². The second-order valence-electron chi connectivity index (χ2n) is 7.39. The minimum Gasteiger partial charge on any atom is -0.423 e. The summed E-state index contributed by atoms with van der Waals surface area (Å²) in [5.41, 5.74) is 4.88. The van der Waals surface area contributed by atoms with E-state index in [1.165, 1.54) is 5.39 Å². The van der Waals surface area contributed by atoms with Gasteiger partial charge in [0.05, 0.1) is 11.4 Å². The minimum atomic E-state index is -1.49. The van der Waals surface area contributed by atoms with Crippen LogP contribution in [-0.4, -0.2) is 27.1 Å². The molecule has 0 aliphatic heterocycles. The van der Waals surface area contributed by atoms with Crippen LogP contribution in [0, 0.1) is 0 Å². The highest BCUT2D eigenvalue weighted by atomic mass is 16.4. The Morgan fingerprint density at radius 2 is 1.10 bits per heavy atom. The van der Waals surface area contributed by atoms with Gasteiger partial charge < -0.3 is 10.0 Å². The van der Waals surface area contributed by atoms with E-state index in [2.05, 4.69) is 24.3 Å². The Kier molecular flexibility index (Phi) is 5.04. The number of nitrogens with zero attached hydrogens (tertiary/aromatic N) is 2. The lowest BCUT2D eigenvalue weighted by atomic mass is 9.80. The summed E-state index contributed by atoms with van der Waals surface area (Å²) in [7, 11) is -1.49. The molecule has 0 saturated heterocycles. The summed E-state index contributed by atoms with van der Waals surface area (Å²) >= 11 is 0. The first-order valence-corrected chi connectivity index (χ1v) is 10.1. The second kappa shape index (κ2) is 8.15. The molecule has 1 heterocycles. The Bertz CT molecular complexity index is 1350. The molecule has 4 nitrogen and oxygen atoms in total. The second-order valence-corrected chi connectivity index (χ2v) is 7.39. The smallest absolute Gasteiger partial charge is 0.423 e. The van der Waals surface area contributed by atoms with E-state index in [0.717, 1.165) is 33.5 Å². The molecule has 0 amide bonds. The third kappa shape index (κ3) is 3.97. The molecule has 0 atom stereocenters. The first kappa shape index (κ1) is 19.2. The van der Waals surface area contributed by atoms with Crippen LogP contribution < -0.4 is 5.46 Å². The molecule has 0 aliphatic rings. The van der Waals surface area contributed by atoms with Gasteiger partial charge in [0.25, 0.3) is 0 Å². The Hall–Kier alpha value is -3.80. The normalized spacial score (nSPS) is 10.9. The van der Waals surface area contributed by atoms with E-state index in [1.54, 1.807) is 12.1 Å². The highest BCUT2D eigenvalue weighted by Gasteiger charge is 2.13. The van der Waals surface area contributed by atoms with Gasteiger partial charge in [-0.05, 0) is 28.4 Å². The van der Waals surface area contributed by atoms with Gasteiger partial charge in [0.1, 0.15) is 0 Å². The molecule has 5 rings (SSSR count). The van der Waals surface area contributed by atoms with Crippen molar-refractivity contribution in [3.05, 3.63) is 103 Å². The van der Waals surface area contributed by atoms with Gasteiger partial charge in [0.2, 0.25) is 0 Å². The molecule has 0 bridgehead atoms. The third-order valence-electron chi connectivity index (χ3n) is 5.31. The van der Waals surface area contributed by atoms with E-state index in [1.807, 2.05) is 66.7 Å². The van der Waals surface area contributed by atoms with E-state index < -0.39 is 7.12 Å². The minimum absolute atomic E-state index is 0.441. The summed E-state index contributed by atoms with van der Waals surface area (Å²) in [6.07, 6.45) is 0. The molecule has 0 spiro atoms. The summed E-state index contributed by atoms with van der Waals surface area (Å²) in [6, 6.07) is 33.5. The van der Waals surface area contributed by atoms with E-state index in [4.69, 9.17) is 9.97 Å². The number of rotatable bonds is 4. The summed E-state index contributed by atoms with van der Waals surface area (Å²) in [6.45, 7) is 0. The van der Waals surface area contributed by atoms with Crippen LogP contribution in [0.3, 0.4) is 0 Å². The van der Waals surface area contributed by atoms with Crippen molar-refractivity contribution in [2.75, 3.05) is 0 Å². The predicted molar refractivity (Wildman–Crippen MR) is 126 cm³/mol. The summed E-state index contributed by atoms with van der Waals surface area (Å²) in [4.78, 5) is 9.71. The third-order valence-corrected chi connectivity index (χ3v) is 5.31. The molecule has 0 radical (unpaired) electrons. The SMILES string of the molecule is OB(O)c1ccc(-c2cc(-c3ccccc3)nc(-c3ccc4ccccc4c3)n2)cc1. The molecule has 148 valence electrons. The predicted octanol–water partition coefficient (Wildman–Crippen LogP) is 4.31. The maximum Gasteiger partial charge on any atom is 0.488 e. The molecule has 0 fully saturated rings. The monoisotopic (exact) mass is 402 g/mol. The van der Waals surface area contributed by atoms with Gasteiger partial charge in [0, 0.05) is 16.7 Å². The lowest BCUT2D eigenvalue weighted by molar-refractivity contribution is 0.426. The van der Waals surface area contributed by atoms with Gasteiger partial charge in [-0.2, -0.15) is 0 Å². The first-order valence-electron chi connectivity index (χ1n) is 10.1. The fourth-order valence-electron chi connectivity index (χ4n) is 3.64. The van der Waals surface area contributed by atoms with E-state index in [9.17, 15) is 10.0 Å². The molecule has 0 aliphatic carbocycles. The molecule has 5 heteroatoms. The van der Waals surface area contributed by atoms with E-state index in [-0.39, 0.29) is 0 Å². The van der Waals surface area contributed by atoms with Gasteiger partial charge in [-0.15, -0.1) is 0 Å². The van der Waals surface area contributed by atoms with Crippen LogP contribution in [0.15, 0.2) is 103 Å². The molecule has 1 aromatic heterocycles. The Balaban J connectivity index is 1.67. The van der Waals surface area contributed by atoms with Gasteiger partial charge >= 0.3 is 7.12 Å². The molecule has 5 aromatic rings. The maximum absolute atomic E-state index is 9.39. The van der Waals surface area contributed by atoms with Crippen molar-refractivity contribution in [3.63, 3.8) is 0 Å². The van der Waals surface area contributed by atoms with Gasteiger partial charge in [-0.3, -0.25) is 0 Å². The zero-order valence-corrected chi connectivity index (χ0v) is 16.7. The molecular weight excluding hydrogens is 383 g/mol. The standard InChI is InChI=1S/C26H19BN2O2/c30-27(31)23-14-12-20(13-15-23)25-17-24(19-7-2-1-3-8-19)28-26(29-25)22-11-10-18-6-4-5-9-21(18)16-22/h1-17,30-31H.